The third kappa shape index (κ3) is 3.70. The Labute approximate surface area is 164 Å². The highest BCUT2D eigenvalue weighted by atomic mass is 35.5. The molecule has 0 radical (unpaired) electrons. The Hall–Kier alpha value is -2.09. The number of aromatic hydroxyl groups is 1. The van der Waals surface area contributed by atoms with Gasteiger partial charge in [-0.1, -0.05) is 41.6 Å². The van der Waals surface area contributed by atoms with Crippen LogP contribution < -0.4 is 9.64 Å². The summed E-state index contributed by atoms with van der Waals surface area (Å²) < 4.78 is 19.1. The van der Waals surface area contributed by atoms with Crippen molar-refractivity contribution in [3.8, 4) is 11.5 Å². The first-order valence-corrected chi connectivity index (χ1v) is 9.19. The molecule has 1 heterocycles. The molecule has 0 aromatic heterocycles. The van der Waals surface area contributed by atoms with E-state index in [1.807, 2.05) is 0 Å². The number of hydrogen-bond donors (Lipinski definition) is 1. The van der Waals surface area contributed by atoms with Crippen LogP contribution in [0.5, 0.6) is 11.5 Å². The van der Waals surface area contributed by atoms with Gasteiger partial charge in [0.2, 0.25) is 0 Å². The van der Waals surface area contributed by atoms with Gasteiger partial charge in [-0.25, -0.2) is 4.39 Å². The Morgan fingerprint density at radius 2 is 2.15 bits per heavy atom. The zero-order chi connectivity index (χ0) is 18.8. The number of amides is 1. The summed E-state index contributed by atoms with van der Waals surface area (Å²) in [4.78, 5) is 14.4. The number of phenols is 1. The standard InChI is InChI=1S/C18H13ClFNO3S2/c1-2-24-14-7-10(6-13(19)16(14)22)8-15-17(23)21(18(25)26-15)12-5-3-4-11(20)9-12/h3-9,22H,2H2,1H3/b15-8+. The van der Waals surface area contributed by atoms with Crippen LogP contribution >= 0.6 is 35.6 Å². The van der Waals surface area contributed by atoms with Crippen molar-refractivity contribution in [2.45, 2.75) is 6.92 Å². The molecule has 2 aromatic carbocycles. The van der Waals surface area contributed by atoms with Crippen LogP contribution in [-0.4, -0.2) is 21.9 Å². The number of hydrogen-bond acceptors (Lipinski definition) is 5. The predicted octanol–water partition coefficient (Wildman–Crippen LogP) is 4.99. The molecule has 1 amide bonds. The van der Waals surface area contributed by atoms with E-state index in [1.54, 1.807) is 25.1 Å². The molecule has 26 heavy (non-hydrogen) atoms. The summed E-state index contributed by atoms with van der Waals surface area (Å²) in [5, 5.41) is 10.0. The summed E-state index contributed by atoms with van der Waals surface area (Å²) in [5.41, 5.74) is 0.950. The van der Waals surface area contributed by atoms with Crippen LogP contribution in [0, 0.1) is 5.82 Å². The van der Waals surface area contributed by atoms with E-state index in [0.29, 0.717) is 27.1 Å². The predicted molar refractivity (Wildman–Crippen MR) is 106 cm³/mol. The van der Waals surface area contributed by atoms with Gasteiger partial charge in [0.15, 0.2) is 15.8 Å². The molecule has 2 aromatic rings. The van der Waals surface area contributed by atoms with Crippen LogP contribution in [0.25, 0.3) is 6.08 Å². The minimum atomic E-state index is -0.452. The van der Waals surface area contributed by atoms with Gasteiger partial charge in [-0.2, -0.15) is 0 Å². The summed E-state index contributed by atoms with van der Waals surface area (Å²) in [6.45, 7) is 2.14. The zero-order valence-electron chi connectivity index (χ0n) is 13.5. The second-order valence-corrected chi connectivity index (χ2v) is 7.36. The Kier molecular flexibility index (Phi) is 5.50. The average molecular weight is 410 g/mol. The lowest BCUT2D eigenvalue weighted by atomic mass is 10.1. The highest BCUT2D eigenvalue weighted by molar-refractivity contribution is 8.27. The molecule has 0 aliphatic carbocycles. The number of thiocarbonyl (C=S) groups is 1. The van der Waals surface area contributed by atoms with Gasteiger partial charge in [0, 0.05) is 0 Å². The topological polar surface area (TPSA) is 49.8 Å². The van der Waals surface area contributed by atoms with Crippen LogP contribution in [0.15, 0.2) is 41.3 Å². The van der Waals surface area contributed by atoms with Gasteiger partial charge in [-0.15, -0.1) is 0 Å². The number of carbonyl (C=O) groups excluding carboxylic acids is 1. The number of thioether (sulfide) groups is 1. The van der Waals surface area contributed by atoms with E-state index >= 15 is 0 Å². The largest absolute Gasteiger partial charge is 0.503 e. The van der Waals surface area contributed by atoms with Crippen molar-refractivity contribution in [2.24, 2.45) is 0 Å². The number of halogens is 2. The number of nitrogens with zero attached hydrogens (tertiary/aromatic N) is 1. The summed E-state index contributed by atoms with van der Waals surface area (Å²) in [5.74, 6) is -0.732. The van der Waals surface area contributed by atoms with Crippen LogP contribution in [-0.2, 0) is 4.79 Å². The van der Waals surface area contributed by atoms with Crippen molar-refractivity contribution in [1.29, 1.82) is 0 Å². The fourth-order valence-corrected chi connectivity index (χ4v) is 3.92. The normalized spacial score (nSPS) is 15.8. The van der Waals surface area contributed by atoms with Gasteiger partial charge in [-0.05, 0) is 48.9 Å². The lowest BCUT2D eigenvalue weighted by Crippen LogP contribution is -2.27. The number of phenolic OH excluding ortho intramolecular Hbond substituents is 1. The van der Waals surface area contributed by atoms with Crippen molar-refractivity contribution in [3.63, 3.8) is 0 Å². The van der Waals surface area contributed by atoms with Gasteiger partial charge >= 0.3 is 0 Å². The van der Waals surface area contributed by atoms with E-state index < -0.39 is 5.82 Å². The third-order valence-corrected chi connectivity index (χ3v) is 5.10. The number of rotatable bonds is 4. The second kappa shape index (κ2) is 7.65. The molecule has 134 valence electrons. The Balaban J connectivity index is 1.96. The lowest BCUT2D eigenvalue weighted by molar-refractivity contribution is -0.113. The van der Waals surface area contributed by atoms with Gasteiger partial charge < -0.3 is 9.84 Å². The van der Waals surface area contributed by atoms with Crippen molar-refractivity contribution < 1.29 is 19.0 Å². The molecule has 4 nitrogen and oxygen atoms in total. The Bertz CT molecular complexity index is 933. The monoisotopic (exact) mass is 409 g/mol. The van der Waals surface area contributed by atoms with Gasteiger partial charge in [0.05, 0.1) is 22.2 Å². The summed E-state index contributed by atoms with van der Waals surface area (Å²) in [6, 6.07) is 8.78. The first-order chi connectivity index (χ1) is 12.4. The number of ether oxygens (including phenoxy) is 1. The molecule has 1 aliphatic rings. The smallest absolute Gasteiger partial charge is 0.270 e. The van der Waals surface area contributed by atoms with E-state index in [1.165, 1.54) is 29.2 Å². The SMILES string of the molecule is CCOc1cc(/C=C2/SC(=S)N(c3cccc(F)c3)C2=O)cc(Cl)c1O. The van der Waals surface area contributed by atoms with Crippen LogP contribution in [0.2, 0.25) is 5.02 Å². The maximum Gasteiger partial charge on any atom is 0.270 e. The number of anilines is 1. The molecule has 0 unspecified atom stereocenters. The zero-order valence-corrected chi connectivity index (χ0v) is 15.9. The maximum absolute atomic E-state index is 13.5. The first-order valence-electron chi connectivity index (χ1n) is 7.59. The minimum Gasteiger partial charge on any atom is -0.503 e. The molecule has 3 rings (SSSR count). The average Bonchev–Trinajstić information content (AvgIpc) is 2.86. The van der Waals surface area contributed by atoms with E-state index in [4.69, 9.17) is 28.6 Å². The second-order valence-electron chi connectivity index (χ2n) is 5.28. The molecule has 0 spiro atoms. The molecule has 8 heteroatoms. The molecule has 1 aliphatic heterocycles. The Morgan fingerprint density at radius 1 is 1.38 bits per heavy atom. The fourth-order valence-electron chi connectivity index (χ4n) is 2.40. The highest BCUT2D eigenvalue weighted by Gasteiger charge is 2.33. The number of carbonyl (C=O) groups is 1. The van der Waals surface area contributed by atoms with Crippen LogP contribution in [0.3, 0.4) is 0 Å². The molecular weight excluding hydrogens is 397 g/mol. The van der Waals surface area contributed by atoms with Gasteiger partial charge in [0.25, 0.3) is 5.91 Å². The number of benzene rings is 2. The van der Waals surface area contributed by atoms with Crippen molar-refractivity contribution in [1.82, 2.24) is 0 Å². The summed E-state index contributed by atoms with van der Waals surface area (Å²) >= 11 is 12.4. The van der Waals surface area contributed by atoms with Gasteiger partial charge in [-0.3, -0.25) is 9.69 Å². The molecule has 1 N–H and O–H groups in total. The third-order valence-electron chi connectivity index (χ3n) is 3.51. The quantitative estimate of drug-likeness (QED) is 0.569. The van der Waals surface area contributed by atoms with E-state index in [-0.39, 0.29) is 22.4 Å². The van der Waals surface area contributed by atoms with Crippen LogP contribution in [0.4, 0.5) is 10.1 Å². The first kappa shape index (κ1) is 18.7. The molecule has 0 bridgehead atoms. The van der Waals surface area contributed by atoms with Crippen molar-refractivity contribution in [2.75, 3.05) is 11.5 Å². The molecular formula is C18H13ClFNO3S2. The van der Waals surface area contributed by atoms with E-state index in [2.05, 4.69) is 0 Å². The lowest BCUT2D eigenvalue weighted by Gasteiger charge is -2.14. The van der Waals surface area contributed by atoms with Gasteiger partial charge in [0.1, 0.15) is 5.82 Å². The molecule has 1 saturated heterocycles. The summed E-state index contributed by atoms with van der Waals surface area (Å²) in [7, 11) is 0. The highest BCUT2D eigenvalue weighted by Crippen LogP contribution is 2.39. The molecule has 0 atom stereocenters. The maximum atomic E-state index is 13.5. The minimum absolute atomic E-state index is 0.114. The fraction of sp³-hybridized carbons (Fsp3) is 0.111. The van der Waals surface area contributed by atoms with Crippen molar-refractivity contribution in [3.05, 3.63) is 57.7 Å². The van der Waals surface area contributed by atoms with Crippen LogP contribution in [0.1, 0.15) is 12.5 Å². The van der Waals surface area contributed by atoms with E-state index in [0.717, 1.165) is 11.8 Å². The van der Waals surface area contributed by atoms with Crippen molar-refractivity contribution >= 4 is 57.6 Å². The summed E-state index contributed by atoms with van der Waals surface area (Å²) in [6.07, 6.45) is 1.60. The Morgan fingerprint density at radius 3 is 2.85 bits per heavy atom. The molecule has 0 saturated carbocycles. The van der Waals surface area contributed by atoms with E-state index in [9.17, 15) is 14.3 Å². The molecule has 1 fully saturated rings.